The maximum atomic E-state index is 5.75. The van der Waals surface area contributed by atoms with Crippen LogP contribution in [0.4, 0.5) is 0 Å². The Bertz CT molecular complexity index is 358. The summed E-state index contributed by atoms with van der Waals surface area (Å²) in [6, 6.07) is 5.83. The monoisotopic (exact) mass is 304 g/mol. The fraction of sp³-hybridized carbons (Fsp3) is 0.600. The van der Waals surface area contributed by atoms with Gasteiger partial charge < -0.3 is 18.9 Å². The number of ether oxygens (including phenoxy) is 4. The van der Waals surface area contributed by atoms with Gasteiger partial charge >= 0.3 is 0 Å². The van der Waals surface area contributed by atoms with Crippen molar-refractivity contribution in [3.63, 3.8) is 0 Å². The quantitative estimate of drug-likeness (QED) is 0.724. The van der Waals surface area contributed by atoms with Crippen LogP contribution in [0, 0.1) is 6.92 Å². The van der Waals surface area contributed by atoms with E-state index >= 15 is 0 Å². The molecule has 1 aromatic carbocycles. The van der Waals surface area contributed by atoms with Crippen LogP contribution in [0.3, 0.4) is 0 Å². The lowest BCUT2D eigenvalue weighted by molar-refractivity contribution is 0.162. The van der Waals surface area contributed by atoms with E-state index in [1.165, 1.54) is 5.56 Å². The summed E-state index contributed by atoms with van der Waals surface area (Å²) in [5.41, 5.74) is 1.17. The average Bonchev–Trinajstić information content (AvgIpc) is 2.46. The first kappa shape index (κ1) is 19.0. The lowest BCUT2D eigenvalue weighted by atomic mass is 10.2. The fourth-order valence-corrected chi connectivity index (χ4v) is 1.67. The zero-order valence-corrected chi connectivity index (χ0v) is 13.7. The number of aryl methyl sites for hydroxylation is 1. The van der Waals surface area contributed by atoms with Crippen molar-refractivity contribution in [3.05, 3.63) is 23.8 Å². The summed E-state index contributed by atoms with van der Waals surface area (Å²) < 4.78 is 19.8. The van der Waals surface area contributed by atoms with Crippen molar-refractivity contribution >= 4 is 11.6 Å². The first-order valence-corrected chi connectivity index (χ1v) is 6.83. The second kappa shape index (κ2) is 11.8. The Labute approximate surface area is 126 Å². The lowest BCUT2D eigenvalue weighted by Crippen LogP contribution is -2.09. The van der Waals surface area contributed by atoms with E-state index in [2.05, 4.69) is 0 Å². The molecule has 1 rings (SSSR count). The van der Waals surface area contributed by atoms with Gasteiger partial charge in [-0.25, -0.2) is 0 Å². The SMILES string of the molecule is COCCC(Cl)COC.COc1ccc(C)cc1OC. The van der Waals surface area contributed by atoms with Crippen LogP contribution in [0.25, 0.3) is 0 Å². The van der Waals surface area contributed by atoms with Gasteiger partial charge in [0.25, 0.3) is 0 Å². The Hall–Kier alpha value is -0.970. The topological polar surface area (TPSA) is 36.9 Å². The molecule has 0 saturated carbocycles. The van der Waals surface area contributed by atoms with E-state index < -0.39 is 0 Å². The molecule has 0 aromatic heterocycles. The highest BCUT2D eigenvalue weighted by Gasteiger charge is 2.01. The maximum Gasteiger partial charge on any atom is 0.160 e. The van der Waals surface area contributed by atoms with E-state index in [0.717, 1.165) is 17.9 Å². The van der Waals surface area contributed by atoms with Gasteiger partial charge in [-0.1, -0.05) is 6.07 Å². The van der Waals surface area contributed by atoms with Crippen LogP contribution in [0.5, 0.6) is 11.5 Å². The molecule has 1 aromatic rings. The van der Waals surface area contributed by atoms with Crippen LogP contribution >= 0.6 is 11.6 Å². The molecule has 5 heteroatoms. The molecule has 1 atom stereocenters. The van der Waals surface area contributed by atoms with Crippen molar-refractivity contribution in [2.45, 2.75) is 18.7 Å². The number of rotatable bonds is 7. The second-order valence-corrected chi connectivity index (χ2v) is 4.81. The van der Waals surface area contributed by atoms with E-state index in [9.17, 15) is 0 Å². The molecule has 0 bridgehead atoms. The third-order valence-electron chi connectivity index (χ3n) is 2.52. The third-order valence-corrected chi connectivity index (χ3v) is 2.87. The highest BCUT2D eigenvalue weighted by atomic mass is 35.5. The van der Waals surface area contributed by atoms with E-state index in [-0.39, 0.29) is 5.38 Å². The maximum absolute atomic E-state index is 5.75. The molecule has 0 aliphatic carbocycles. The summed E-state index contributed by atoms with van der Waals surface area (Å²) in [6.45, 7) is 3.32. The smallest absolute Gasteiger partial charge is 0.160 e. The van der Waals surface area contributed by atoms with Crippen LogP contribution in [0.2, 0.25) is 0 Å². The minimum atomic E-state index is 0.0925. The van der Waals surface area contributed by atoms with Crippen molar-refractivity contribution in [3.8, 4) is 11.5 Å². The number of methoxy groups -OCH3 is 4. The predicted molar refractivity (Wildman–Crippen MR) is 82.3 cm³/mol. The third kappa shape index (κ3) is 8.25. The van der Waals surface area contributed by atoms with E-state index in [0.29, 0.717) is 13.2 Å². The standard InChI is InChI=1S/C9H12O2.C6H13ClO2/c1-7-4-5-8(10-2)9(6-7)11-3;1-8-4-3-6(7)5-9-2/h4-6H,1-3H3;6H,3-5H2,1-2H3. The van der Waals surface area contributed by atoms with Crippen LogP contribution in [-0.2, 0) is 9.47 Å². The Morgan fingerprint density at radius 1 is 1.00 bits per heavy atom. The number of benzene rings is 1. The van der Waals surface area contributed by atoms with Crippen LogP contribution < -0.4 is 9.47 Å². The molecule has 20 heavy (non-hydrogen) atoms. The van der Waals surface area contributed by atoms with Crippen molar-refractivity contribution in [2.75, 3.05) is 41.7 Å². The molecule has 0 fully saturated rings. The number of hydrogen-bond donors (Lipinski definition) is 0. The highest BCUT2D eigenvalue weighted by Crippen LogP contribution is 2.26. The minimum absolute atomic E-state index is 0.0925. The Balaban J connectivity index is 0.000000370. The van der Waals surface area contributed by atoms with Crippen molar-refractivity contribution in [1.82, 2.24) is 0 Å². The van der Waals surface area contributed by atoms with E-state index in [4.69, 9.17) is 30.5 Å². The highest BCUT2D eigenvalue weighted by molar-refractivity contribution is 6.20. The van der Waals surface area contributed by atoms with Gasteiger partial charge in [0.15, 0.2) is 11.5 Å². The molecular weight excluding hydrogens is 280 g/mol. The number of hydrogen-bond acceptors (Lipinski definition) is 4. The summed E-state index contributed by atoms with van der Waals surface area (Å²) >= 11 is 5.75. The Morgan fingerprint density at radius 2 is 1.65 bits per heavy atom. The van der Waals surface area contributed by atoms with Crippen molar-refractivity contribution < 1.29 is 18.9 Å². The molecule has 116 valence electrons. The Morgan fingerprint density at radius 3 is 2.15 bits per heavy atom. The van der Waals surface area contributed by atoms with Gasteiger partial charge in [0, 0.05) is 20.8 Å². The van der Waals surface area contributed by atoms with Gasteiger partial charge in [-0.2, -0.15) is 0 Å². The zero-order chi connectivity index (χ0) is 15.4. The van der Waals surface area contributed by atoms with Crippen LogP contribution in [-0.4, -0.2) is 47.0 Å². The molecule has 0 N–H and O–H groups in total. The summed E-state index contributed by atoms with van der Waals surface area (Å²) in [5, 5.41) is 0.0925. The normalized spacial score (nSPS) is 11.3. The van der Waals surface area contributed by atoms with E-state index in [1.54, 1.807) is 28.4 Å². The molecule has 0 aliphatic heterocycles. The molecular formula is C15H25ClO4. The molecule has 0 saturated heterocycles. The first-order chi connectivity index (χ1) is 9.58. The molecule has 0 amide bonds. The molecule has 0 aliphatic rings. The predicted octanol–water partition coefficient (Wildman–Crippen LogP) is 3.29. The van der Waals surface area contributed by atoms with E-state index in [1.807, 2.05) is 25.1 Å². The van der Waals surface area contributed by atoms with Crippen molar-refractivity contribution in [1.29, 1.82) is 0 Å². The van der Waals surface area contributed by atoms with Gasteiger partial charge in [-0.05, 0) is 31.0 Å². The van der Waals surface area contributed by atoms with Crippen LogP contribution in [0.15, 0.2) is 18.2 Å². The van der Waals surface area contributed by atoms with Gasteiger partial charge in [0.2, 0.25) is 0 Å². The fourth-order valence-electron chi connectivity index (χ4n) is 1.45. The summed E-state index contributed by atoms with van der Waals surface area (Å²) in [6.07, 6.45) is 0.853. The molecule has 4 nitrogen and oxygen atoms in total. The van der Waals surface area contributed by atoms with Gasteiger partial charge in [0.05, 0.1) is 26.2 Å². The largest absolute Gasteiger partial charge is 0.493 e. The summed E-state index contributed by atoms with van der Waals surface area (Å²) in [7, 11) is 6.57. The molecule has 0 spiro atoms. The van der Waals surface area contributed by atoms with Gasteiger partial charge in [-0.15, -0.1) is 11.6 Å². The van der Waals surface area contributed by atoms with Crippen molar-refractivity contribution in [2.24, 2.45) is 0 Å². The Kier molecular flexibility index (Phi) is 11.3. The summed E-state index contributed by atoms with van der Waals surface area (Å²) in [5.74, 6) is 1.56. The number of alkyl halides is 1. The molecule has 1 unspecified atom stereocenters. The molecule has 0 heterocycles. The van der Waals surface area contributed by atoms with Gasteiger partial charge in [0.1, 0.15) is 0 Å². The molecule has 0 radical (unpaired) electrons. The summed E-state index contributed by atoms with van der Waals surface area (Å²) in [4.78, 5) is 0. The second-order valence-electron chi connectivity index (χ2n) is 4.19. The zero-order valence-electron chi connectivity index (χ0n) is 12.9. The average molecular weight is 305 g/mol. The first-order valence-electron chi connectivity index (χ1n) is 6.39. The van der Waals surface area contributed by atoms with Gasteiger partial charge in [-0.3, -0.25) is 0 Å². The van der Waals surface area contributed by atoms with Crippen LogP contribution in [0.1, 0.15) is 12.0 Å². The lowest BCUT2D eigenvalue weighted by Gasteiger charge is -2.06. The minimum Gasteiger partial charge on any atom is -0.493 e. The number of halogens is 1.